The van der Waals surface area contributed by atoms with Crippen molar-refractivity contribution in [3.8, 4) is 0 Å². The van der Waals surface area contributed by atoms with Crippen LogP contribution in [0.4, 0.5) is 0 Å². The van der Waals surface area contributed by atoms with Gasteiger partial charge in [-0.3, -0.25) is 9.98 Å². The van der Waals surface area contributed by atoms with Crippen molar-refractivity contribution in [3.63, 3.8) is 0 Å². The Bertz CT molecular complexity index is 568. The Balaban J connectivity index is 2.56. The number of aliphatic imine (C=N–C) groups is 1. The molecule has 0 bridgehead atoms. The molecule has 0 saturated heterocycles. The molecule has 1 aromatic carbocycles. The molecule has 2 heteroatoms. The van der Waals surface area contributed by atoms with Crippen LogP contribution < -0.4 is 0 Å². The number of hydrogen-bond donors (Lipinski definition) is 0. The molecule has 0 aliphatic rings. The summed E-state index contributed by atoms with van der Waals surface area (Å²) in [4.78, 5) is 8.25. The highest BCUT2D eigenvalue weighted by Gasteiger charge is 1.99. The van der Waals surface area contributed by atoms with E-state index in [1.165, 1.54) is 0 Å². The van der Waals surface area contributed by atoms with Crippen molar-refractivity contribution in [2.75, 3.05) is 0 Å². The van der Waals surface area contributed by atoms with Crippen molar-refractivity contribution >= 4 is 23.2 Å². The highest BCUT2D eigenvalue weighted by molar-refractivity contribution is 5.83. The molecule has 0 spiro atoms. The zero-order valence-electron chi connectivity index (χ0n) is 9.57. The van der Waals surface area contributed by atoms with Crippen LogP contribution >= 0.6 is 0 Å². The average molecular weight is 210 g/mol. The largest absolute Gasteiger partial charge is 0.272 e. The number of hydrogen-bond acceptors (Lipinski definition) is 2. The summed E-state index contributed by atoms with van der Waals surface area (Å²) in [5.74, 6) is 0. The van der Waals surface area contributed by atoms with E-state index in [4.69, 9.17) is 0 Å². The first kappa shape index (κ1) is 10.6. The first-order valence-electron chi connectivity index (χ1n) is 5.21. The van der Waals surface area contributed by atoms with Crippen molar-refractivity contribution in [1.29, 1.82) is 0 Å². The zero-order chi connectivity index (χ0) is 11.5. The minimum absolute atomic E-state index is 1.03. The smallest absolute Gasteiger partial charge is 0.0705 e. The van der Waals surface area contributed by atoms with E-state index in [0.29, 0.717) is 0 Å². The summed E-state index contributed by atoms with van der Waals surface area (Å²) in [5.41, 5.74) is 4.34. The van der Waals surface area contributed by atoms with Crippen LogP contribution in [-0.2, 0) is 0 Å². The Kier molecular flexibility index (Phi) is 2.82. The Morgan fingerprint density at radius 1 is 1.31 bits per heavy atom. The van der Waals surface area contributed by atoms with Gasteiger partial charge in [-0.1, -0.05) is 12.1 Å². The minimum atomic E-state index is 1.03. The topological polar surface area (TPSA) is 25.2 Å². The summed E-state index contributed by atoms with van der Waals surface area (Å²) in [6, 6.07) is 10.3. The summed E-state index contributed by atoms with van der Waals surface area (Å²) in [6.07, 6.45) is 1.77. The molecule has 0 amide bonds. The second kappa shape index (κ2) is 4.27. The van der Waals surface area contributed by atoms with Crippen molar-refractivity contribution < 1.29 is 0 Å². The Morgan fingerprint density at radius 2 is 2.12 bits per heavy atom. The van der Waals surface area contributed by atoms with E-state index >= 15 is 0 Å². The number of rotatable bonds is 2. The maximum Gasteiger partial charge on any atom is 0.0705 e. The molecule has 16 heavy (non-hydrogen) atoms. The summed E-state index contributed by atoms with van der Waals surface area (Å²) in [6.45, 7) is 7.49. The van der Waals surface area contributed by atoms with E-state index < -0.39 is 0 Å². The molecule has 0 radical (unpaired) electrons. The lowest BCUT2D eigenvalue weighted by molar-refractivity contribution is 1.25. The van der Waals surface area contributed by atoms with Crippen LogP contribution in [0.5, 0.6) is 0 Å². The van der Waals surface area contributed by atoms with Gasteiger partial charge >= 0.3 is 0 Å². The van der Waals surface area contributed by atoms with Gasteiger partial charge in [-0.2, -0.15) is 0 Å². The normalized spacial score (nSPS) is 11.8. The van der Waals surface area contributed by atoms with Crippen LogP contribution in [0.1, 0.15) is 18.2 Å². The van der Waals surface area contributed by atoms with Gasteiger partial charge in [0.25, 0.3) is 0 Å². The summed E-state index contributed by atoms with van der Waals surface area (Å²) >= 11 is 0. The molecule has 80 valence electrons. The van der Waals surface area contributed by atoms with E-state index in [1.807, 2.05) is 26.0 Å². The minimum Gasteiger partial charge on any atom is -0.272 e. The molecule has 1 aromatic heterocycles. The van der Waals surface area contributed by atoms with Crippen LogP contribution in [-0.4, -0.2) is 11.7 Å². The molecular weight excluding hydrogens is 196 g/mol. The van der Waals surface area contributed by atoms with Crippen LogP contribution in [0.2, 0.25) is 0 Å². The molecule has 0 N–H and O–H groups in total. The predicted octanol–water partition coefficient (Wildman–Crippen LogP) is 3.60. The van der Waals surface area contributed by atoms with Crippen molar-refractivity contribution in [2.45, 2.75) is 13.8 Å². The maximum absolute atomic E-state index is 4.47. The number of fused-ring (bicyclic) bond motifs is 1. The molecule has 0 fully saturated rings. The molecule has 1 heterocycles. The quantitative estimate of drug-likeness (QED) is 0.695. The maximum atomic E-state index is 4.47. The Labute approximate surface area is 95.4 Å². The summed E-state index contributed by atoms with van der Waals surface area (Å²) in [7, 11) is 0. The third-order valence-corrected chi connectivity index (χ3v) is 2.57. The van der Waals surface area contributed by atoms with Gasteiger partial charge in [-0.05, 0) is 49.9 Å². The first-order chi connectivity index (χ1) is 7.70. The molecule has 0 atom stereocenters. The fourth-order valence-electron chi connectivity index (χ4n) is 1.68. The van der Waals surface area contributed by atoms with Gasteiger partial charge in [0.1, 0.15) is 0 Å². The van der Waals surface area contributed by atoms with Crippen LogP contribution in [0, 0.1) is 6.92 Å². The van der Waals surface area contributed by atoms with E-state index in [9.17, 15) is 0 Å². The number of benzene rings is 1. The second-order valence-corrected chi connectivity index (χ2v) is 3.85. The van der Waals surface area contributed by atoms with E-state index in [1.54, 1.807) is 6.20 Å². The highest BCUT2D eigenvalue weighted by atomic mass is 14.7. The predicted molar refractivity (Wildman–Crippen MR) is 69.7 cm³/mol. The number of allylic oxidation sites excluding steroid dienone is 1. The second-order valence-electron chi connectivity index (χ2n) is 3.85. The molecule has 2 nitrogen and oxygen atoms in total. The van der Waals surface area contributed by atoms with Crippen molar-refractivity contribution in [1.82, 2.24) is 4.98 Å². The van der Waals surface area contributed by atoms with Gasteiger partial charge in [-0.25, -0.2) is 0 Å². The number of nitrogens with zero attached hydrogens (tertiary/aromatic N) is 2. The lowest BCUT2D eigenvalue weighted by Crippen LogP contribution is -1.85. The van der Waals surface area contributed by atoms with Crippen LogP contribution in [0.25, 0.3) is 16.5 Å². The van der Waals surface area contributed by atoms with Crippen LogP contribution in [0.3, 0.4) is 0 Å². The Morgan fingerprint density at radius 3 is 2.88 bits per heavy atom. The standard InChI is InChI=1S/C14H14N2/c1-10(9-15-3)12-6-7-14-13(8-12)5-4-11(2)16-14/h4-9H,3H2,1-2H3/b10-9+. The molecule has 0 aliphatic heterocycles. The SMILES string of the molecule is C=N/C=C(\C)c1ccc2nc(C)ccc2c1. The number of aromatic nitrogens is 1. The molecule has 0 unspecified atom stereocenters. The van der Waals surface area contributed by atoms with Gasteiger partial charge in [-0.15, -0.1) is 0 Å². The van der Waals surface area contributed by atoms with E-state index in [2.05, 4.69) is 34.9 Å². The lowest BCUT2D eigenvalue weighted by Gasteiger charge is -2.03. The van der Waals surface area contributed by atoms with Gasteiger partial charge in [0, 0.05) is 17.3 Å². The van der Waals surface area contributed by atoms with Gasteiger partial charge in [0.15, 0.2) is 0 Å². The summed E-state index contributed by atoms with van der Waals surface area (Å²) < 4.78 is 0. The monoisotopic (exact) mass is 210 g/mol. The number of aryl methyl sites for hydroxylation is 1. The molecule has 2 aromatic rings. The highest BCUT2D eigenvalue weighted by Crippen LogP contribution is 2.20. The molecule has 0 aliphatic carbocycles. The molecule has 0 saturated carbocycles. The van der Waals surface area contributed by atoms with Gasteiger partial charge in [0.2, 0.25) is 0 Å². The third-order valence-electron chi connectivity index (χ3n) is 2.57. The fourth-order valence-corrected chi connectivity index (χ4v) is 1.68. The molecular formula is C14H14N2. The van der Waals surface area contributed by atoms with Crippen LogP contribution in [0.15, 0.2) is 41.5 Å². The first-order valence-corrected chi connectivity index (χ1v) is 5.21. The Hall–Kier alpha value is -1.96. The van der Waals surface area contributed by atoms with Crippen molar-refractivity contribution in [2.24, 2.45) is 4.99 Å². The zero-order valence-corrected chi connectivity index (χ0v) is 9.57. The van der Waals surface area contributed by atoms with E-state index in [0.717, 1.165) is 27.7 Å². The lowest BCUT2D eigenvalue weighted by atomic mass is 10.1. The molecule has 2 rings (SSSR count). The van der Waals surface area contributed by atoms with E-state index in [-0.39, 0.29) is 0 Å². The third kappa shape index (κ3) is 2.01. The summed E-state index contributed by atoms with van der Waals surface area (Å²) in [5, 5.41) is 1.15. The van der Waals surface area contributed by atoms with Gasteiger partial charge < -0.3 is 0 Å². The average Bonchev–Trinajstić information content (AvgIpc) is 2.28. The fraction of sp³-hybridized carbons (Fsp3) is 0.143. The van der Waals surface area contributed by atoms with Crippen molar-refractivity contribution in [3.05, 3.63) is 47.8 Å². The number of pyridine rings is 1. The van der Waals surface area contributed by atoms with Gasteiger partial charge in [0.05, 0.1) is 5.52 Å².